The summed E-state index contributed by atoms with van der Waals surface area (Å²) in [6, 6.07) is 8.16. The van der Waals surface area contributed by atoms with Crippen molar-refractivity contribution >= 4 is 29.9 Å². The van der Waals surface area contributed by atoms with Crippen molar-refractivity contribution in [1.82, 2.24) is 10.5 Å². The third kappa shape index (κ3) is 4.45. The van der Waals surface area contributed by atoms with E-state index in [1.165, 1.54) is 0 Å². The first-order valence-electron chi connectivity index (χ1n) is 8.27. The minimum absolute atomic E-state index is 0. The Bertz CT molecular complexity index is 725. The third-order valence-corrected chi connectivity index (χ3v) is 4.40. The van der Waals surface area contributed by atoms with Crippen molar-refractivity contribution in [1.29, 1.82) is 0 Å². The number of hydrogen-bond acceptors (Lipinski definition) is 4. The van der Waals surface area contributed by atoms with Crippen LogP contribution in [0.2, 0.25) is 0 Å². The van der Waals surface area contributed by atoms with Crippen LogP contribution in [0, 0.1) is 13.8 Å². The van der Waals surface area contributed by atoms with Crippen LogP contribution in [0.5, 0.6) is 5.75 Å². The fraction of sp³-hybridized carbons (Fsp3) is 0.444. The molecule has 0 amide bonds. The second-order valence-electron chi connectivity index (χ2n) is 6.24. The number of guanidine groups is 1. The van der Waals surface area contributed by atoms with Crippen LogP contribution in [0.25, 0.3) is 0 Å². The topological polar surface area (TPSA) is 85.7 Å². The highest BCUT2D eigenvalue weighted by atomic mass is 127. The number of benzene rings is 1. The quantitative estimate of drug-likeness (QED) is 0.418. The van der Waals surface area contributed by atoms with Crippen LogP contribution in [0.15, 0.2) is 33.8 Å². The molecule has 0 saturated carbocycles. The zero-order chi connectivity index (χ0) is 17.1. The molecule has 0 radical (unpaired) electrons. The third-order valence-electron chi connectivity index (χ3n) is 4.40. The van der Waals surface area contributed by atoms with Crippen molar-refractivity contribution < 1.29 is 9.26 Å². The molecule has 0 bridgehead atoms. The molecule has 2 unspecified atom stereocenters. The van der Waals surface area contributed by atoms with Gasteiger partial charge in [-0.25, -0.2) is 0 Å². The molecule has 1 aromatic heterocycles. The highest BCUT2D eigenvalue weighted by Crippen LogP contribution is 2.31. The molecule has 6 nitrogen and oxygen atoms in total. The number of hydrogen-bond donors (Lipinski definition) is 2. The number of para-hydroxylation sites is 1. The lowest BCUT2D eigenvalue weighted by atomic mass is 10.00. The summed E-state index contributed by atoms with van der Waals surface area (Å²) >= 11 is 0. The molecule has 2 heterocycles. The summed E-state index contributed by atoms with van der Waals surface area (Å²) < 4.78 is 10.9. The summed E-state index contributed by atoms with van der Waals surface area (Å²) in [4.78, 5) is 4.50. The Morgan fingerprint density at radius 3 is 2.88 bits per heavy atom. The monoisotopic (exact) mass is 456 g/mol. The Morgan fingerprint density at radius 2 is 2.16 bits per heavy atom. The second kappa shape index (κ2) is 8.55. The lowest BCUT2D eigenvalue weighted by Crippen LogP contribution is -2.37. The van der Waals surface area contributed by atoms with Gasteiger partial charge < -0.3 is 20.3 Å². The van der Waals surface area contributed by atoms with E-state index >= 15 is 0 Å². The molecule has 136 valence electrons. The van der Waals surface area contributed by atoms with E-state index in [1.54, 1.807) is 0 Å². The van der Waals surface area contributed by atoms with Gasteiger partial charge in [-0.05, 0) is 19.9 Å². The van der Waals surface area contributed by atoms with Crippen LogP contribution in [0.3, 0.4) is 0 Å². The Kier molecular flexibility index (Phi) is 6.69. The number of fused-ring (bicyclic) bond motifs is 1. The van der Waals surface area contributed by atoms with Gasteiger partial charge in [-0.3, -0.25) is 4.99 Å². The summed E-state index contributed by atoms with van der Waals surface area (Å²) in [6.45, 7) is 7.25. The van der Waals surface area contributed by atoms with E-state index in [0.29, 0.717) is 19.1 Å². The van der Waals surface area contributed by atoms with Crippen molar-refractivity contribution in [3.05, 3.63) is 46.8 Å². The van der Waals surface area contributed by atoms with Gasteiger partial charge in [0, 0.05) is 30.0 Å². The fourth-order valence-corrected chi connectivity index (χ4v) is 3.24. The molecule has 2 aromatic rings. The van der Waals surface area contributed by atoms with Crippen molar-refractivity contribution in [2.75, 3.05) is 13.2 Å². The predicted octanol–water partition coefficient (Wildman–Crippen LogP) is 3.44. The van der Waals surface area contributed by atoms with Gasteiger partial charge in [0.2, 0.25) is 0 Å². The Morgan fingerprint density at radius 1 is 1.40 bits per heavy atom. The van der Waals surface area contributed by atoms with Crippen LogP contribution >= 0.6 is 24.0 Å². The second-order valence-corrected chi connectivity index (χ2v) is 6.24. The smallest absolute Gasteiger partial charge is 0.189 e. The number of aliphatic imine (C=N–C) groups is 1. The Hall–Kier alpha value is -1.77. The van der Waals surface area contributed by atoms with Gasteiger partial charge in [0.25, 0.3) is 0 Å². The summed E-state index contributed by atoms with van der Waals surface area (Å²) in [6.07, 6.45) is 0.868. The van der Waals surface area contributed by atoms with Crippen LogP contribution in [0.4, 0.5) is 0 Å². The average molecular weight is 456 g/mol. The number of halogens is 1. The van der Waals surface area contributed by atoms with E-state index in [1.807, 2.05) is 32.0 Å². The van der Waals surface area contributed by atoms with Crippen molar-refractivity contribution in [3.8, 4) is 5.75 Å². The largest absolute Gasteiger partial charge is 0.493 e. The summed E-state index contributed by atoms with van der Waals surface area (Å²) in [7, 11) is 0. The number of aromatic nitrogens is 1. The highest BCUT2D eigenvalue weighted by molar-refractivity contribution is 14.0. The standard InChI is InChI=1S/C18H24N4O2.HI/c1-11(17-12(2)22-24-13(17)3)10-20-18(19)21-15-8-9-23-16-7-5-4-6-14(15)16;/h4-7,11,15H,8-10H2,1-3H3,(H3,19,20,21);1H. The maximum absolute atomic E-state index is 6.10. The van der Waals surface area contributed by atoms with Crippen LogP contribution < -0.4 is 15.8 Å². The molecule has 7 heteroatoms. The fourth-order valence-electron chi connectivity index (χ4n) is 3.24. The molecule has 0 aliphatic carbocycles. The van der Waals surface area contributed by atoms with E-state index in [-0.39, 0.29) is 35.9 Å². The molecule has 2 atom stereocenters. The zero-order valence-corrected chi connectivity index (χ0v) is 17.1. The highest BCUT2D eigenvalue weighted by Gasteiger charge is 2.21. The summed E-state index contributed by atoms with van der Waals surface area (Å²) in [5.41, 5.74) is 9.25. The van der Waals surface area contributed by atoms with Gasteiger partial charge in [0.05, 0.1) is 18.3 Å². The Labute approximate surface area is 165 Å². The molecular formula is C18H25IN4O2. The van der Waals surface area contributed by atoms with Gasteiger partial charge in [-0.15, -0.1) is 24.0 Å². The minimum Gasteiger partial charge on any atom is -0.493 e. The minimum atomic E-state index is 0. The average Bonchev–Trinajstić information content (AvgIpc) is 2.92. The molecule has 0 spiro atoms. The van der Waals surface area contributed by atoms with Crippen molar-refractivity contribution in [2.45, 2.75) is 39.2 Å². The molecule has 1 aliphatic heterocycles. The van der Waals surface area contributed by atoms with Gasteiger partial charge >= 0.3 is 0 Å². The summed E-state index contributed by atoms with van der Waals surface area (Å²) in [5.74, 6) is 2.42. The summed E-state index contributed by atoms with van der Waals surface area (Å²) in [5, 5.41) is 7.31. The predicted molar refractivity (Wildman–Crippen MR) is 109 cm³/mol. The van der Waals surface area contributed by atoms with Crippen LogP contribution in [0.1, 0.15) is 47.9 Å². The molecule has 0 saturated heterocycles. The van der Waals surface area contributed by atoms with Crippen molar-refractivity contribution in [2.24, 2.45) is 10.7 Å². The maximum Gasteiger partial charge on any atom is 0.189 e. The first-order chi connectivity index (χ1) is 11.6. The number of nitrogens with zero attached hydrogens (tertiary/aromatic N) is 2. The van der Waals surface area contributed by atoms with Gasteiger partial charge in [0.15, 0.2) is 5.96 Å². The van der Waals surface area contributed by atoms with Gasteiger partial charge in [-0.1, -0.05) is 30.3 Å². The number of nitrogens with one attached hydrogen (secondary N) is 1. The zero-order valence-electron chi connectivity index (χ0n) is 14.8. The first-order valence-corrected chi connectivity index (χ1v) is 8.27. The first kappa shape index (κ1) is 19.6. The lowest BCUT2D eigenvalue weighted by molar-refractivity contribution is 0.262. The van der Waals surface area contributed by atoms with Gasteiger partial charge in [-0.2, -0.15) is 0 Å². The van der Waals surface area contributed by atoms with Crippen molar-refractivity contribution in [3.63, 3.8) is 0 Å². The lowest BCUT2D eigenvalue weighted by Gasteiger charge is -2.27. The van der Waals surface area contributed by atoms with Crippen LogP contribution in [-0.4, -0.2) is 24.3 Å². The van der Waals surface area contributed by atoms with E-state index in [4.69, 9.17) is 15.0 Å². The molecule has 25 heavy (non-hydrogen) atoms. The number of nitrogens with two attached hydrogens (primary N) is 1. The van der Waals surface area contributed by atoms with Crippen LogP contribution in [-0.2, 0) is 0 Å². The molecular weight excluding hydrogens is 431 g/mol. The molecule has 3 N–H and O–H groups in total. The van der Waals surface area contributed by atoms with E-state index in [0.717, 1.165) is 34.8 Å². The Balaban J connectivity index is 0.00000225. The maximum atomic E-state index is 6.10. The van der Waals surface area contributed by atoms with E-state index < -0.39 is 0 Å². The number of aryl methyl sites for hydroxylation is 2. The number of rotatable bonds is 4. The SMILES string of the molecule is Cc1noc(C)c1C(C)CN=C(N)NC1CCOc2ccccc21.I. The molecule has 1 aromatic carbocycles. The normalized spacial score (nSPS) is 17.9. The van der Waals surface area contributed by atoms with E-state index in [9.17, 15) is 0 Å². The number of ether oxygens (including phenoxy) is 1. The molecule has 1 aliphatic rings. The van der Waals surface area contributed by atoms with E-state index in [2.05, 4.69) is 28.5 Å². The van der Waals surface area contributed by atoms with Gasteiger partial charge in [0.1, 0.15) is 11.5 Å². The molecule has 3 rings (SSSR count). The molecule has 0 fully saturated rings.